The number of nitrogens with zero attached hydrogens (tertiary/aromatic N) is 1. The van der Waals surface area contributed by atoms with Gasteiger partial charge in [0.1, 0.15) is 5.82 Å². The Morgan fingerprint density at radius 2 is 1.95 bits per heavy atom. The van der Waals surface area contributed by atoms with E-state index in [0.717, 1.165) is 18.5 Å². The molecular formula is C16H15FN2. The van der Waals surface area contributed by atoms with E-state index in [2.05, 4.69) is 16.4 Å². The Bertz CT molecular complexity index is 630. The number of nitrogens with one attached hydrogen (secondary N) is 1. The van der Waals surface area contributed by atoms with Gasteiger partial charge in [-0.2, -0.15) is 0 Å². The smallest absolute Gasteiger partial charge is 0.123 e. The number of fused-ring (bicyclic) bond motifs is 2. The molecule has 19 heavy (non-hydrogen) atoms. The van der Waals surface area contributed by atoms with Crippen molar-refractivity contribution in [2.45, 2.75) is 24.7 Å². The quantitative estimate of drug-likeness (QED) is 0.889. The predicted octanol–water partition coefficient (Wildman–Crippen LogP) is 3.27. The van der Waals surface area contributed by atoms with E-state index in [-0.39, 0.29) is 5.82 Å². The number of hydrogen-bond acceptors (Lipinski definition) is 2. The number of anilines is 1. The number of aromatic nitrogens is 1. The molecule has 1 aliphatic heterocycles. The van der Waals surface area contributed by atoms with Gasteiger partial charge < -0.3 is 5.32 Å². The molecule has 0 saturated heterocycles. The molecular weight excluding hydrogens is 239 g/mol. The zero-order valence-electron chi connectivity index (χ0n) is 10.6. The monoisotopic (exact) mass is 254 g/mol. The van der Waals surface area contributed by atoms with E-state index in [9.17, 15) is 4.39 Å². The number of rotatable bonds is 2. The van der Waals surface area contributed by atoms with E-state index in [1.165, 1.54) is 41.9 Å². The lowest BCUT2D eigenvalue weighted by Crippen LogP contribution is -2.09. The van der Waals surface area contributed by atoms with E-state index in [4.69, 9.17) is 0 Å². The summed E-state index contributed by atoms with van der Waals surface area (Å²) in [6, 6.07) is 8.87. The largest absolute Gasteiger partial charge is 0.383 e. The van der Waals surface area contributed by atoms with Crippen molar-refractivity contribution >= 4 is 5.69 Å². The Kier molecular flexibility index (Phi) is 2.19. The zero-order valence-corrected chi connectivity index (χ0v) is 10.6. The van der Waals surface area contributed by atoms with Crippen molar-refractivity contribution < 1.29 is 4.39 Å². The van der Waals surface area contributed by atoms with Crippen LogP contribution in [0.25, 0.3) is 0 Å². The molecule has 0 unspecified atom stereocenters. The third-order valence-corrected chi connectivity index (χ3v) is 4.24. The summed E-state index contributed by atoms with van der Waals surface area (Å²) >= 11 is 0. The second-order valence-electron chi connectivity index (χ2n) is 5.68. The lowest BCUT2D eigenvalue weighted by Gasteiger charge is -2.07. The summed E-state index contributed by atoms with van der Waals surface area (Å²) < 4.78 is 12.9. The second-order valence-corrected chi connectivity index (χ2v) is 5.68. The summed E-state index contributed by atoms with van der Waals surface area (Å²) in [7, 11) is 0. The SMILES string of the molecule is Fc1ccc(Cc2cnc3c(c2)NCC32CC2)cc1. The van der Waals surface area contributed by atoms with Crippen molar-refractivity contribution in [3.63, 3.8) is 0 Å². The molecule has 1 aromatic carbocycles. The van der Waals surface area contributed by atoms with Gasteiger partial charge in [-0.1, -0.05) is 12.1 Å². The lowest BCUT2D eigenvalue weighted by atomic mass is 10.0. The van der Waals surface area contributed by atoms with E-state index >= 15 is 0 Å². The summed E-state index contributed by atoms with van der Waals surface area (Å²) in [5.41, 5.74) is 5.08. The fraction of sp³-hybridized carbons (Fsp3) is 0.312. The van der Waals surface area contributed by atoms with Crippen molar-refractivity contribution in [1.29, 1.82) is 0 Å². The van der Waals surface area contributed by atoms with Crippen LogP contribution in [0.4, 0.5) is 10.1 Å². The van der Waals surface area contributed by atoms with Crippen LogP contribution in [0.3, 0.4) is 0 Å². The maximum atomic E-state index is 12.9. The maximum Gasteiger partial charge on any atom is 0.123 e. The van der Waals surface area contributed by atoms with Gasteiger partial charge in [-0.3, -0.25) is 4.98 Å². The molecule has 0 bridgehead atoms. The van der Waals surface area contributed by atoms with Crippen LogP contribution in [0, 0.1) is 5.82 Å². The van der Waals surface area contributed by atoms with Gasteiger partial charge in [0.25, 0.3) is 0 Å². The average molecular weight is 254 g/mol. The molecule has 1 saturated carbocycles. The first-order valence-electron chi connectivity index (χ1n) is 6.73. The van der Waals surface area contributed by atoms with E-state index < -0.39 is 0 Å². The molecule has 2 nitrogen and oxygen atoms in total. The van der Waals surface area contributed by atoms with Gasteiger partial charge in [0.15, 0.2) is 0 Å². The first-order chi connectivity index (χ1) is 9.25. The van der Waals surface area contributed by atoms with Gasteiger partial charge in [-0.25, -0.2) is 4.39 Å². The standard InChI is InChI=1S/C16H15FN2/c17-13-3-1-11(2-4-13)7-12-8-14-15(18-9-12)16(5-6-16)10-19-14/h1-4,8-9,19H,5-7,10H2. The average Bonchev–Trinajstić information content (AvgIpc) is 3.11. The lowest BCUT2D eigenvalue weighted by molar-refractivity contribution is 0.627. The predicted molar refractivity (Wildman–Crippen MR) is 72.8 cm³/mol. The Balaban J connectivity index is 1.61. The topological polar surface area (TPSA) is 24.9 Å². The van der Waals surface area contributed by atoms with Gasteiger partial charge in [0, 0.05) is 18.2 Å². The van der Waals surface area contributed by atoms with Crippen LogP contribution in [-0.2, 0) is 11.8 Å². The molecule has 0 radical (unpaired) electrons. The molecule has 96 valence electrons. The van der Waals surface area contributed by atoms with Gasteiger partial charge in [-0.15, -0.1) is 0 Å². The molecule has 1 aliphatic carbocycles. The fourth-order valence-corrected chi connectivity index (χ4v) is 2.91. The third-order valence-electron chi connectivity index (χ3n) is 4.24. The minimum absolute atomic E-state index is 0.187. The van der Waals surface area contributed by atoms with E-state index in [0.29, 0.717) is 5.41 Å². The van der Waals surface area contributed by atoms with Crippen LogP contribution in [-0.4, -0.2) is 11.5 Å². The van der Waals surface area contributed by atoms with Crippen molar-refractivity contribution in [2.24, 2.45) is 0 Å². The van der Waals surface area contributed by atoms with Gasteiger partial charge in [-0.05, 0) is 48.6 Å². The first kappa shape index (κ1) is 11.0. The van der Waals surface area contributed by atoms with Crippen LogP contribution in [0.5, 0.6) is 0 Å². The molecule has 2 heterocycles. The summed E-state index contributed by atoms with van der Waals surface area (Å²) in [4.78, 5) is 4.65. The van der Waals surface area contributed by atoms with Crippen LogP contribution in [0.1, 0.15) is 29.7 Å². The molecule has 1 spiro atoms. The number of hydrogen-bond donors (Lipinski definition) is 1. The minimum Gasteiger partial charge on any atom is -0.383 e. The van der Waals surface area contributed by atoms with Crippen molar-refractivity contribution in [3.8, 4) is 0 Å². The Labute approximate surface area is 111 Å². The summed E-state index contributed by atoms with van der Waals surface area (Å²) in [5, 5.41) is 3.47. The molecule has 1 fully saturated rings. The number of pyridine rings is 1. The summed E-state index contributed by atoms with van der Waals surface area (Å²) in [6.45, 7) is 1.04. The highest BCUT2D eigenvalue weighted by Gasteiger charge is 2.50. The number of halogens is 1. The summed E-state index contributed by atoms with van der Waals surface area (Å²) in [5.74, 6) is -0.187. The molecule has 2 aliphatic rings. The fourth-order valence-electron chi connectivity index (χ4n) is 2.91. The van der Waals surface area contributed by atoms with E-state index in [1.807, 2.05) is 18.3 Å². The highest BCUT2D eigenvalue weighted by Crippen LogP contribution is 2.53. The molecule has 2 aromatic rings. The van der Waals surface area contributed by atoms with E-state index in [1.54, 1.807) is 0 Å². The minimum atomic E-state index is -0.187. The number of benzene rings is 1. The van der Waals surface area contributed by atoms with Crippen LogP contribution < -0.4 is 5.32 Å². The molecule has 1 aromatic heterocycles. The Morgan fingerprint density at radius 1 is 1.16 bits per heavy atom. The molecule has 3 heteroatoms. The van der Waals surface area contributed by atoms with Crippen molar-refractivity contribution in [1.82, 2.24) is 4.98 Å². The van der Waals surface area contributed by atoms with Gasteiger partial charge in [0.2, 0.25) is 0 Å². The Morgan fingerprint density at radius 3 is 2.68 bits per heavy atom. The molecule has 1 N–H and O–H groups in total. The second kappa shape index (κ2) is 3.80. The highest BCUT2D eigenvalue weighted by molar-refractivity contribution is 5.60. The maximum absolute atomic E-state index is 12.9. The molecule has 4 rings (SSSR count). The molecule has 0 atom stereocenters. The van der Waals surface area contributed by atoms with Crippen molar-refractivity contribution in [3.05, 3.63) is 59.2 Å². The van der Waals surface area contributed by atoms with Gasteiger partial charge in [0.05, 0.1) is 11.4 Å². The summed E-state index contributed by atoms with van der Waals surface area (Å²) in [6.07, 6.45) is 5.29. The third kappa shape index (κ3) is 1.81. The van der Waals surface area contributed by atoms with Crippen LogP contribution in [0.15, 0.2) is 36.5 Å². The first-order valence-corrected chi connectivity index (χ1v) is 6.73. The molecule has 0 amide bonds. The zero-order chi connectivity index (χ0) is 12.9. The van der Waals surface area contributed by atoms with Crippen molar-refractivity contribution in [2.75, 3.05) is 11.9 Å². The highest BCUT2D eigenvalue weighted by atomic mass is 19.1. The Hall–Kier alpha value is -1.90. The normalized spacial score (nSPS) is 18.2. The van der Waals surface area contributed by atoms with Crippen LogP contribution in [0.2, 0.25) is 0 Å². The van der Waals surface area contributed by atoms with Crippen LogP contribution >= 0.6 is 0 Å². The van der Waals surface area contributed by atoms with Gasteiger partial charge >= 0.3 is 0 Å².